The Kier molecular flexibility index (Phi) is 5.08. The Balaban J connectivity index is 1.71. The summed E-state index contributed by atoms with van der Waals surface area (Å²) in [6.45, 7) is 0.214. The van der Waals surface area contributed by atoms with Gasteiger partial charge in [0, 0.05) is 12.7 Å². The Labute approximate surface area is 141 Å². The molecule has 0 unspecified atom stereocenters. The van der Waals surface area contributed by atoms with Crippen LogP contribution in [0.1, 0.15) is 17.4 Å². The minimum absolute atomic E-state index is 0.00585. The molecule has 0 saturated carbocycles. The SMILES string of the molecule is CN(C(=O)CN[C@@H](c1ccccc1)c1ccco1)c1ccccc1. The standard InChI is InChI=1S/C20H20N2O2/c1-22(17-11-6-3-7-12-17)19(23)15-21-20(18-13-8-14-24-18)16-9-4-2-5-10-16/h2-14,20-21H,15H2,1H3/t20-/m0/s1. The second-order valence-corrected chi connectivity index (χ2v) is 5.53. The van der Waals surface area contributed by atoms with Crippen LogP contribution in [-0.2, 0) is 4.79 Å². The Morgan fingerprint density at radius 2 is 1.67 bits per heavy atom. The molecule has 24 heavy (non-hydrogen) atoms. The van der Waals surface area contributed by atoms with Crippen LogP contribution in [0.15, 0.2) is 83.5 Å². The average molecular weight is 320 g/mol. The predicted octanol–water partition coefficient (Wildman–Crippen LogP) is 3.62. The first kappa shape index (κ1) is 16.0. The van der Waals surface area contributed by atoms with Crippen molar-refractivity contribution in [2.75, 3.05) is 18.5 Å². The van der Waals surface area contributed by atoms with Crippen molar-refractivity contribution in [1.29, 1.82) is 0 Å². The second-order valence-electron chi connectivity index (χ2n) is 5.53. The van der Waals surface area contributed by atoms with Gasteiger partial charge >= 0.3 is 0 Å². The Morgan fingerprint density at radius 3 is 2.29 bits per heavy atom. The molecule has 0 spiro atoms. The molecular weight excluding hydrogens is 300 g/mol. The number of benzene rings is 2. The number of nitrogens with one attached hydrogen (secondary N) is 1. The van der Waals surface area contributed by atoms with Gasteiger partial charge in [0.2, 0.25) is 5.91 Å². The normalized spacial score (nSPS) is 11.9. The lowest BCUT2D eigenvalue weighted by Crippen LogP contribution is -2.37. The monoisotopic (exact) mass is 320 g/mol. The Bertz CT molecular complexity index is 755. The molecule has 0 aliphatic heterocycles. The number of amides is 1. The Hall–Kier alpha value is -2.85. The fourth-order valence-electron chi connectivity index (χ4n) is 2.59. The summed E-state index contributed by atoms with van der Waals surface area (Å²) in [6.07, 6.45) is 1.64. The van der Waals surface area contributed by atoms with Gasteiger partial charge < -0.3 is 9.32 Å². The number of para-hydroxylation sites is 1. The zero-order valence-corrected chi connectivity index (χ0v) is 13.6. The van der Waals surface area contributed by atoms with E-state index in [0.717, 1.165) is 17.0 Å². The van der Waals surface area contributed by atoms with Crippen molar-refractivity contribution in [3.8, 4) is 0 Å². The molecule has 1 atom stereocenters. The van der Waals surface area contributed by atoms with Crippen molar-refractivity contribution in [3.63, 3.8) is 0 Å². The fraction of sp³-hybridized carbons (Fsp3) is 0.150. The molecule has 0 bridgehead atoms. The molecule has 0 aliphatic rings. The van der Waals surface area contributed by atoms with Crippen molar-refractivity contribution < 1.29 is 9.21 Å². The number of likely N-dealkylation sites (N-methyl/N-ethyl adjacent to an activating group) is 1. The summed E-state index contributed by atoms with van der Waals surface area (Å²) in [6, 6.07) is 23.2. The van der Waals surface area contributed by atoms with E-state index in [4.69, 9.17) is 4.42 Å². The van der Waals surface area contributed by atoms with E-state index in [1.807, 2.05) is 72.8 Å². The summed E-state index contributed by atoms with van der Waals surface area (Å²) < 4.78 is 5.54. The van der Waals surface area contributed by atoms with E-state index >= 15 is 0 Å². The number of furan rings is 1. The molecule has 0 radical (unpaired) electrons. The number of hydrogen-bond donors (Lipinski definition) is 1. The van der Waals surface area contributed by atoms with Crippen LogP contribution in [0.3, 0.4) is 0 Å². The molecule has 4 nitrogen and oxygen atoms in total. The minimum atomic E-state index is -0.158. The summed E-state index contributed by atoms with van der Waals surface area (Å²) in [7, 11) is 1.78. The van der Waals surface area contributed by atoms with Gasteiger partial charge in [-0.1, -0.05) is 48.5 Å². The first-order valence-corrected chi connectivity index (χ1v) is 7.89. The maximum Gasteiger partial charge on any atom is 0.240 e. The smallest absolute Gasteiger partial charge is 0.240 e. The lowest BCUT2D eigenvalue weighted by Gasteiger charge is -2.21. The first-order valence-electron chi connectivity index (χ1n) is 7.89. The minimum Gasteiger partial charge on any atom is -0.467 e. The fourth-order valence-corrected chi connectivity index (χ4v) is 2.59. The first-order chi connectivity index (χ1) is 11.8. The van der Waals surface area contributed by atoms with Gasteiger partial charge in [0.15, 0.2) is 0 Å². The zero-order chi connectivity index (χ0) is 16.8. The third-order valence-corrected chi connectivity index (χ3v) is 3.94. The molecule has 1 amide bonds. The largest absolute Gasteiger partial charge is 0.467 e. The highest BCUT2D eigenvalue weighted by atomic mass is 16.3. The summed E-state index contributed by atoms with van der Waals surface area (Å²) in [4.78, 5) is 14.1. The van der Waals surface area contributed by atoms with E-state index in [0.29, 0.717) is 0 Å². The summed E-state index contributed by atoms with van der Waals surface area (Å²) in [5.74, 6) is 0.782. The van der Waals surface area contributed by atoms with Crippen molar-refractivity contribution >= 4 is 11.6 Å². The van der Waals surface area contributed by atoms with E-state index in [-0.39, 0.29) is 18.5 Å². The molecule has 1 aromatic heterocycles. The number of nitrogens with zero attached hydrogens (tertiary/aromatic N) is 1. The zero-order valence-electron chi connectivity index (χ0n) is 13.6. The van der Waals surface area contributed by atoms with E-state index in [2.05, 4.69) is 5.32 Å². The van der Waals surface area contributed by atoms with Crippen LogP contribution in [0.5, 0.6) is 0 Å². The molecule has 0 saturated heterocycles. The van der Waals surface area contributed by atoms with E-state index < -0.39 is 0 Å². The molecule has 3 rings (SSSR count). The molecule has 1 N–H and O–H groups in total. The molecule has 4 heteroatoms. The average Bonchev–Trinajstić information content (AvgIpc) is 3.17. The summed E-state index contributed by atoms with van der Waals surface area (Å²) >= 11 is 0. The maximum atomic E-state index is 12.5. The molecule has 1 heterocycles. The lowest BCUT2D eigenvalue weighted by molar-refractivity contribution is -0.117. The summed E-state index contributed by atoms with van der Waals surface area (Å²) in [5.41, 5.74) is 1.93. The van der Waals surface area contributed by atoms with E-state index in [9.17, 15) is 4.79 Å². The van der Waals surface area contributed by atoms with Gasteiger partial charge in [-0.15, -0.1) is 0 Å². The van der Waals surface area contributed by atoms with E-state index in [1.165, 1.54) is 0 Å². The lowest BCUT2D eigenvalue weighted by atomic mass is 10.0. The highest BCUT2D eigenvalue weighted by molar-refractivity contribution is 5.94. The second kappa shape index (κ2) is 7.62. The van der Waals surface area contributed by atoms with Gasteiger partial charge in [0.05, 0.1) is 18.8 Å². The number of hydrogen-bond acceptors (Lipinski definition) is 3. The molecule has 0 aliphatic carbocycles. The third kappa shape index (κ3) is 3.73. The summed E-state index contributed by atoms with van der Waals surface area (Å²) in [5, 5.41) is 3.30. The highest BCUT2D eigenvalue weighted by Crippen LogP contribution is 2.22. The molecular formula is C20H20N2O2. The van der Waals surface area contributed by atoms with Crippen LogP contribution in [-0.4, -0.2) is 19.5 Å². The van der Waals surface area contributed by atoms with E-state index in [1.54, 1.807) is 18.2 Å². The number of anilines is 1. The molecule has 3 aromatic rings. The number of carbonyl (C=O) groups excluding carboxylic acids is 1. The van der Waals surface area contributed by atoms with Crippen LogP contribution >= 0.6 is 0 Å². The van der Waals surface area contributed by atoms with Crippen LogP contribution in [0.2, 0.25) is 0 Å². The quantitative estimate of drug-likeness (QED) is 0.754. The number of carbonyl (C=O) groups is 1. The van der Waals surface area contributed by atoms with Gasteiger partial charge in [-0.25, -0.2) is 0 Å². The highest BCUT2D eigenvalue weighted by Gasteiger charge is 2.19. The molecule has 0 fully saturated rings. The van der Waals surface area contributed by atoms with Crippen LogP contribution in [0.4, 0.5) is 5.69 Å². The van der Waals surface area contributed by atoms with Gasteiger partial charge in [-0.05, 0) is 29.8 Å². The van der Waals surface area contributed by atoms with Crippen LogP contribution < -0.4 is 10.2 Å². The van der Waals surface area contributed by atoms with Crippen LogP contribution in [0, 0.1) is 0 Å². The van der Waals surface area contributed by atoms with Gasteiger partial charge in [0.1, 0.15) is 5.76 Å². The molecule has 122 valence electrons. The van der Waals surface area contributed by atoms with Crippen molar-refractivity contribution in [2.24, 2.45) is 0 Å². The van der Waals surface area contributed by atoms with Crippen molar-refractivity contribution in [2.45, 2.75) is 6.04 Å². The van der Waals surface area contributed by atoms with Gasteiger partial charge in [0.25, 0.3) is 0 Å². The van der Waals surface area contributed by atoms with Crippen LogP contribution in [0.25, 0.3) is 0 Å². The van der Waals surface area contributed by atoms with Crippen molar-refractivity contribution in [1.82, 2.24) is 5.32 Å². The maximum absolute atomic E-state index is 12.5. The van der Waals surface area contributed by atoms with Crippen molar-refractivity contribution in [3.05, 3.63) is 90.4 Å². The number of rotatable bonds is 6. The van der Waals surface area contributed by atoms with Gasteiger partial charge in [-0.2, -0.15) is 0 Å². The predicted molar refractivity (Wildman–Crippen MR) is 94.8 cm³/mol. The Morgan fingerprint density at radius 1 is 1.00 bits per heavy atom. The third-order valence-electron chi connectivity index (χ3n) is 3.94. The molecule has 2 aromatic carbocycles. The topological polar surface area (TPSA) is 45.5 Å². The van der Waals surface area contributed by atoms with Gasteiger partial charge in [-0.3, -0.25) is 10.1 Å².